The molecule has 0 bridgehead atoms. The van der Waals surface area contributed by atoms with Gasteiger partial charge in [-0.25, -0.2) is 4.98 Å². The molecule has 0 unspecified atom stereocenters. The minimum atomic E-state index is -0.0127. The molecule has 2 aromatic rings. The lowest BCUT2D eigenvalue weighted by Gasteiger charge is -1.98. The second kappa shape index (κ2) is 4.22. The summed E-state index contributed by atoms with van der Waals surface area (Å²) < 4.78 is 1.72. The van der Waals surface area contributed by atoms with Crippen molar-refractivity contribution in [2.24, 2.45) is 0 Å². The number of amides is 1. The van der Waals surface area contributed by atoms with E-state index in [0.29, 0.717) is 18.6 Å². The molecule has 0 radical (unpaired) electrons. The van der Waals surface area contributed by atoms with Crippen LogP contribution in [-0.2, 0) is 11.3 Å². The number of fused-ring (bicyclic) bond motifs is 1. The Bertz CT molecular complexity index is 519. The topological polar surface area (TPSA) is 66.6 Å². The quantitative estimate of drug-likeness (QED) is 0.811. The fraction of sp³-hybridized carbons (Fsp3) is 0.273. The van der Waals surface area contributed by atoms with E-state index in [-0.39, 0.29) is 11.7 Å². The van der Waals surface area contributed by atoms with Gasteiger partial charge in [0.2, 0.25) is 5.91 Å². The van der Waals surface area contributed by atoms with Gasteiger partial charge >= 0.3 is 0 Å². The van der Waals surface area contributed by atoms with Crippen LogP contribution in [0.4, 0.5) is 0 Å². The number of hydrogen-bond donors (Lipinski definition) is 2. The van der Waals surface area contributed by atoms with Crippen LogP contribution in [-0.4, -0.2) is 20.4 Å². The minimum Gasteiger partial charge on any atom is -0.504 e. The summed E-state index contributed by atoms with van der Waals surface area (Å²) in [5, 5.41) is 12.3. The second-order valence-corrected chi connectivity index (χ2v) is 3.49. The van der Waals surface area contributed by atoms with Gasteiger partial charge in [-0.1, -0.05) is 6.92 Å². The van der Waals surface area contributed by atoms with Crippen LogP contribution in [0.1, 0.15) is 19.0 Å². The van der Waals surface area contributed by atoms with Gasteiger partial charge in [0.1, 0.15) is 0 Å². The van der Waals surface area contributed by atoms with Gasteiger partial charge in [0, 0.05) is 18.8 Å². The van der Waals surface area contributed by atoms with Gasteiger partial charge in [0.15, 0.2) is 11.4 Å². The predicted molar refractivity (Wildman–Crippen MR) is 59.0 cm³/mol. The summed E-state index contributed by atoms with van der Waals surface area (Å²) >= 11 is 0. The Labute approximate surface area is 92.7 Å². The summed E-state index contributed by atoms with van der Waals surface area (Å²) in [7, 11) is 0. The standard InChI is InChI=1S/C11H13N3O2/c1-2-10(16)12-6-8-7-14-5-3-4-9(15)11(14)13-8/h3-5,7,15H,2,6H2,1H3,(H,12,16). The van der Waals surface area contributed by atoms with Crippen molar-refractivity contribution < 1.29 is 9.90 Å². The molecule has 2 heterocycles. The average molecular weight is 219 g/mol. The third-order valence-corrected chi connectivity index (χ3v) is 2.30. The largest absolute Gasteiger partial charge is 0.504 e. The van der Waals surface area contributed by atoms with E-state index in [1.807, 2.05) is 0 Å². The number of carbonyl (C=O) groups is 1. The molecule has 0 fully saturated rings. The number of pyridine rings is 1. The first-order valence-electron chi connectivity index (χ1n) is 5.13. The van der Waals surface area contributed by atoms with Crippen LogP contribution >= 0.6 is 0 Å². The lowest BCUT2D eigenvalue weighted by atomic mass is 10.4. The van der Waals surface area contributed by atoms with Gasteiger partial charge in [-0.05, 0) is 12.1 Å². The van der Waals surface area contributed by atoms with E-state index >= 15 is 0 Å². The summed E-state index contributed by atoms with van der Waals surface area (Å²) in [5.41, 5.74) is 1.23. The zero-order valence-electron chi connectivity index (χ0n) is 8.97. The van der Waals surface area contributed by atoms with Crippen molar-refractivity contribution in [1.82, 2.24) is 14.7 Å². The van der Waals surface area contributed by atoms with Gasteiger partial charge in [-0.3, -0.25) is 4.79 Å². The van der Waals surface area contributed by atoms with Crippen molar-refractivity contribution >= 4 is 11.6 Å². The molecule has 0 aliphatic heterocycles. The zero-order chi connectivity index (χ0) is 11.5. The van der Waals surface area contributed by atoms with Crippen molar-refractivity contribution in [1.29, 1.82) is 0 Å². The lowest BCUT2D eigenvalue weighted by Crippen LogP contribution is -2.21. The highest BCUT2D eigenvalue weighted by Gasteiger charge is 2.05. The molecule has 84 valence electrons. The Morgan fingerprint density at radius 1 is 1.62 bits per heavy atom. The molecule has 0 saturated carbocycles. The Hall–Kier alpha value is -2.04. The highest BCUT2D eigenvalue weighted by molar-refractivity contribution is 5.75. The summed E-state index contributed by atoms with van der Waals surface area (Å²) in [6.45, 7) is 2.18. The highest BCUT2D eigenvalue weighted by Crippen LogP contribution is 2.16. The van der Waals surface area contributed by atoms with E-state index in [1.165, 1.54) is 0 Å². The van der Waals surface area contributed by atoms with Crippen LogP contribution in [0.15, 0.2) is 24.5 Å². The molecule has 2 rings (SSSR count). The first-order valence-corrected chi connectivity index (χ1v) is 5.13. The summed E-state index contributed by atoms with van der Waals surface area (Å²) in [6.07, 6.45) is 4.04. The maximum absolute atomic E-state index is 11.1. The molecule has 0 spiro atoms. The smallest absolute Gasteiger partial charge is 0.220 e. The Morgan fingerprint density at radius 2 is 2.44 bits per heavy atom. The van der Waals surface area contributed by atoms with Crippen molar-refractivity contribution in [3.05, 3.63) is 30.2 Å². The third kappa shape index (κ3) is 1.98. The van der Waals surface area contributed by atoms with E-state index < -0.39 is 0 Å². The average Bonchev–Trinajstić information content (AvgIpc) is 2.70. The molecule has 0 atom stereocenters. The van der Waals surface area contributed by atoms with E-state index in [2.05, 4.69) is 10.3 Å². The monoisotopic (exact) mass is 219 g/mol. The Balaban J connectivity index is 2.20. The predicted octanol–water partition coefficient (Wildman–Crippen LogP) is 1.07. The maximum Gasteiger partial charge on any atom is 0.220 e. The fourth-order valence-electron chi connectivity index (χ4n) is 1.45. The van der Waals surface area contributed by atoms with Gasteiger partial charge in [-0.2, -0.15) is 0 Å². The molecule has 5 nitrogen and oxygen atoms in total. The molecule has 0 aliphatic rings. The van der Waals surface area contributed by atoms with Crippen molar-refractivity contribution in [3.8, 4) is 5.75 Å². The SMILES string of the molecule is CCC(=O)NCc1cn2cccc(O)c2n1. The van der Waals surface area contributed by atoms with E-state index in [0.717, 1.165) is 5.69 Å². The van der Waals surface area contributed by atoms with Gasteiger partial charge < -0.3 is 14.8 Å². The van der Waals surface area contributed by atoms with Crippen LogP contribution in [0.2, 0.25) is 0 Å². The van der Waals surface area contributed by atoms with Crippen LogP contribution < -0.4 is 5.32 Å². The number of rotatable bonds is 3. The van der Waals surface area contributed by atoms with Crippen LogP contribution in [0.25, 0.3) is 5.65 Å². The fourth-order valence-corrected chi connectivity index (χ4v) is 1.45. The van der Waals surface area contributed by atoms with Crippen LogP contribution in [0, 0.1) is 0 Å². The maximum atomic E-state index is 11.1. The van der Waals surface area contributed by atoms with Crippen molar-refractivity contribution in [3.63, 3.8) is 0 Å². The summed E-state index contributed by atoms with van der Waals surface area (Å²) in [4.78, 5) is 15.3. The highest BCUT2D eigenvalue weighted by atomic mass is 16.3. The Morgan fingerprint density at radius 3 is 3.12 bits per heavy atom. The van der Waals surface area contributed by atoms with E-state index in [4.69, 9.17) is 0 Å². The normalized spacial score (nSPS) is 10.6. The number of aromatic nitrogens is 2. The van der Waals surface area contributed by atoms with Crippen LogP contribution in [0.5, 0.6) is 5.75 Å². The number of hydrogen-bond acceptors (Lipinski definition) is 3. The first-order chi connectivity index (χ1) is 7.70. The Kier molecular flexibility index (Phi) is 2.76. The minimum absolute atomic E-state index is 0.0127. The number of carbonyl (C=O) groups excluding carboxylic acids is 1. The number of aromatic hydroxyl groups is 1. The van der Waals surface area contributed by atoms with E-state index in [9.17, 15) is 9.90 Å². The molecule has 0 aromatic carbocycles. The number of nitrogens with zero attached hydrogens (tertiary/aromatic N) is 2. The molecule has 5 heteroatoms. The lowest BCUT2D eigenvalue weighted by molar-refractivity contribution is -0.120. The number of nitrogens with one attached hydrogen (secondary N) is 1. The van der Waals surface area contributed by atoms with Crippen molar-refractivity contribution in [2.75, 3.05) is 0 Å². The molecule has 2 N–H and O–H groups in total. The van der Waals surface area contributed by atoms with Gasteiger partial charge in [0.25, 0.3) is 0 Å². The first kappa shape index (κ1) is 10.5. The summed E-state index contributed by atoms with van der Waals surface area (Å²) in [6, 6.07) is 3.31. The second-order valence-electron chi connectivity index (χ2n) is 3.49. The van der Waals surface area contributed by atoms with Gasteiger partial charge in [-0.15, -0.1) is 0 Å². The molecule has 0 aliphatic carbocycles. The molecule has 1 amide bonds. The number of imidazole rings is 1. The summed E-state index contributed by atoms with van der Waals surface area (Å²) in [5.74, 6) is 0.122. The molecule has 2 aromatic heterocycles. The van der Waals surface area contributed by atoms with Crippen molar-refractivity contribution in [2.45, 2.75) is 19.9 Å². The van der Waals surface area contributed by atoms with Crippen LogP contribution in [0.3, 0.4) is 0 Å². The third-order valence-electron chi connectivity index (χ3n) is 2.30. The molecule has 16 heavy (non-hydrogen) atoms. The molecule has 0 saturated heterocycles. The molecular weight excluding hydrogens is 206 g/mol. The zero-order valence-corrected chi connectivity index (χ0v) is 8.97. The van der Waals surface area contributed by atoms with E-state index in [1.54, 1.807) is 35.9 Å². The molecular formula is C11H13N3O2. The van der Waals surface area contributed by atoms with Gasteiger partial charge in [0.05, 0.1) is 12.2 Å².